The maximum absolute atomic E-state index is 10.8. The van der Waals surface area contributed by atoms with Crippen LogP contribution in [0.5, 0.6) is 11.6 Å². The number of hydrogen-bond acceptors (Lipinski definition) is 4. The van der Waals surface area contributed by atoms with Crippen molar-refractivity contribution in [3.05, 3.63) is 95.3 Å². The highest BCUT2D eigenvalue weighted by atomic mass is 16.5. The Morgan fingerprint density at radius 1 is 0.966 bits per heavy atom. The molecule has 4 rings (SSSR count). The van der Waals surface area contributed by atoms with E-state index in [0.29, 0.717) is 18.7 Å². The number of fused-ring (bicyclic) bond motifs is 1. The maximum atomic E-state index is 10.8. The summed E-state index contributed by atoms with van der Waals surface area (Å²) in [6.07, 6.45) is 4.68. The summed E-state index contributed by atoms with van der Waals surface area (Å²) >= 11 is 0. The molecule has 0 saturated heterocycles. The third-order valence-corrected chi connectivity index (χ3v) is 4.69. The molecule has 29 heavy (non-hydrogen) atoms. The van der Waals surface area contributed by atoms with Gasteiger partial charge in [0.25, 0.3) is 0 Å². The van der Waals surface area contributed by atoms with Crippen LogP contribution in [0, 0.1) is 11.8 Å². The van der Waals surface area contributed by atoms with Crippen LogP contribution in [0.3, 0.4) is 0 Å². The lowest BCUT2D eigenvalue weighted by molar-refractivity contribution is 0.397. The minimum atomic E-state index is 0.265. The highest BCUT2D eigenvalue weighted by molar-refractivity contribution is 5.87. The Morgan fingerprint density at radius 2 is 1.83 bits per heavy atom. The summed E-state index contributed by atoms with van der Waals surface area (Å²) in [5, 5.41) is 11.5. The Hall–Kier alpha value is -3.84. The topological polar surface area (TPSA) is 55.2 Å². The summed E-state index contributed by atoms with van der Waals surface area (Å²) < 4.78 is 5.14. The number of hydrogen-bond donors (Lipinski definition) is 1. The van der Waals surface area contributed by atoms with E-state index in [0.717, 1.165) is 33.2 Å². The fourth-order valence-corrected chi connectivity index (χ4v) is 3.16. The molecule has 4 heteroatoms. The van der Waals surface area contributed by atoms with Crippen molar-refractivity contribution in [2.45, 2.75) is 12.8 Å². The Balaban J connectivity index is 1.59. The number of rotatable bonds is 4. The van der Waals surface area contributed by atoms with Crippen molar-refractivity contribution in [2.75, 3.05) is 7.11 Å². The largest absolute Gasteiger partial charge is 0.507 e. The molecule has 0 aliphatic carbocycles. The molecule has 0 aliphatic rings. The van der Waals surface area contributed by atoms with E-state index in [-0.39, 0.29) is 5.75 Å². The first-order valence-corrected chi connectivity index (χ1v) is 9.35. The van der Waals surface area contributed by atoms with Crippen molar-refractivity contribution in [1.82, 2.24) is 9.97 Å². The number of pyridine rings is 2. The van der Waals surface area contributed by atoms with E-state index in [4.69, 9.17) is 4.74 Å². The van der Waals surface area contributed by atoms with Crippen molar-refractivity contribution >= 4 is 10.9 Å². The van der Waals surface area contributed by atoms with Gasteiger partial charge in [-0.1, -0.05) is 42.2 Å². The molecule has 2 aromatic carbocycles. The van der Waals surface area contributed by atoms with E-state index in [1.165, 1.54) is 0 Å². The number of benzene rings is 2. The van der Waals surface area contributed by atoms with Crippen LogP contribution in [0.4, 0.5) is 0 Å². The first-order chi connectivity index (χ1) is 14.2. The van der Waals surface area contributed by atoms with Crippen molar-refractivity contribution in [1.29, 1.82) is 0 Å². The van der Waals surface area contributed by atoms with Crippen LogP contribution in [0.25, 0.3) is 10.9 Å². The SMILES string of the molecule is COc1cc(CC#Cc2ccc3ncc(Cc4ccccc4)c(O)c3c2)ccn1. The van der Waals surface area contributed by atoms with Gasteiger partial charge in [-0.05, 0) is 35.4 Å². The van der Waals surface area contributed by atoms with Gasteiger partial charge in [0.1, 0.15) is 5.75 Å². The zero-order chi connectivity index (χ0) is 20.1. The van der Waals surface area contributed by atoms with E-state index >= 15 is 0 Å². The number of methoxy groups -OCH3 is 1. The fraction of sp³-hybridized carbons (Fsp3) is 0.120. The Kier molecular flexibility index (Phi) is 5.40. The predicted molar refractivity (Wildman–Crippen MR) is 114 cm³/mol. The highest BCUT2D eigenvalue weighted by Crippen LogP contribution is 2.29. The van der Waals surface area contributed by atoms with Gasteiger partial charge in [-0.15, -0.1) is 0 Å². The van der Waals surface area contributed by atoms with Gasteiger partial charge in [-0.2, -0.15) is 0 Å². The monoisotopic (exact) mass is 380 g/mol. The number of aromatic hydroxyl groups is 1. The molecule has 2 heterocycles. The van der Waals surface area contributed by atoms with Gasteiger partial charge in [0.15, 0.2) is 0 Å². The van der Waals surface area contributed by atoms with Crippen LogP contribution in [0.15, 0.2) is 73.1 Å². The molecule has 0 spiro atoms. The third kappa shape index (κ3) is 4.36. The van der Waals surface area contributed by atoms with Crippen LogP contribution in [0.2, 0.25) is 0 Å². The molecule has 0 atom stereocenters. The average Bonchev–Trinajstić information content (AvgIpc) is 2.77. The van der Waals surface area contributed by atoms with Crippen LogP contribution in [-0.4, -0.2) is 22.2 Å². The molecule has 0 fully saturated rings. The summed E-state index contributed by atoms with van der Waals surface area (Å²) in [6, 6.07) is 19.6. The fourth-order valence-electron chi connectivity index (χ4n) is 3.16. The van der Waals surface area contributed by atoms with E-state index in [1.807, 2.05) is 60.7 Å². The molecule has 0 unspecified atom stereocenters. The zero-order valence-electron chi connectivity index (χ0n) is 16.1. The summed E-state index contributed by atoms with van der Waals surface area (Å²) in [6.45, 7) is 0. The summed E-state index contributed by atoms with van der Waals surface area (Å²) in [4.78, 5) is 8.60. The van der Waals surface area contributed by atoms with E-state index < -0.39 is 0 Å². The Labute approximate surface area is 169 Å². The smallest absolute Gasteiger partial charge is 0.213 e. The molecule has 4 nitrogen and oxygen atoms in total. The van der Waals surface area contributed by atoms with Crippen LogP contribution in [-0.2, 0) is 12.8 Å². The molecule has 2 aromatic heterocycles. The van der Waals surface area contributed by atoms with Crippen LogP contribution in [0.1, 0.15) is 22.3 Å². The average molecular weight is 380 g/mol. The molecular formula is C25H20N2O2. The summed E-state index contributed by atoms with van der Waals surface area (Å²) in [7, 11) is 1.60. The van der Waals surface area contributed by atoms with Crippen LogP contribution < -0.4 is 4.74 Å². The first-order valence-electron chi connectivity index (χ1n) is 9.35. The summed E-state index contributed by atoms with van der Waals surface area (Å²) in [5.74, 6) is 7.19. The van der Waals surface area contributed by atoms with Crippen molar-refractivity contribution in [3.63, 3.8) is 0 Å². The molecule has 0 radical (unpaired) electrons. The van der Waals surface area contributed by atoms with E-state index in [9.17, 15) is 5.11 Å². The normalized spacial score (nSPS) is 10.4. The molecule has 1 N–H and O–H groups in total. The van der Waals surface area contributed by atoms with Gasteiger partial charge in [0.2, 0.25) is 5.88 Å². The Bertz CT molecular complexity index is 1210. The van der Waals surface area contributed by atoms with Crippen molar-refractivity contribution in [2.24, 2.45) is 0 Å². The second-order valence-corrected chi connectivity index (χ2v) is 6.71. The second kappa shape index (κ2) is 8.45. The minimum absolute atomic E-state index is 0.265. The first kappa shape index (κ1) is 18.5. The molecule has 4 aromatic rings. The zero-order valence-corrected chi connectivity index (χ0v) is 16.1. The van der Waals surface area contributed by atoms with Crippen molar-refractivity contribution in [3.8, 4) is 23.5 Å². The highest BCUT2D eigenvalue weighted by Gasteiger charge is 2.09. The molecular weight excluding hydrogens is 360 g/mol. The lowest BCUT2D eigenvalue weighted by Crippen LogP contribution is -1.92. The minimum Gasteiger partial charge on any atom is -0.507 e. The quantitative estimate of drug-likeness (QED) is 0.529. The summed E-state index contributed by atoms with van der Waals surface area (Å²) in [5.41, 5.74) is 4.57. The van der Waals surface area contributed by atoms with Gasteiger partial charge < -0.3 is 9.84 Å². The molecule has 0 saturated carbocycles. The Morgan fingerprint density at radius 3 is 2.66 bits per heavy atom. The number of aromatic nitrogens is 2. The molecule has 0 amide bonds. The lowest BCUT2D eigenvalue weighted by Gasteiger charge is -2.08. The number of ether oxygens (including phenoxy) is 1. The van der Waals surface area contributed by atoms with Crippen molar-refractivity contribution < 1.29 is 9.84 Å². The van der Waals surface area contributed by atoms with Gasteiger partial charge >= 0.3 is 0 Å². The third-order valence-electron chi connectivity index (χ3n) is 4.69. The van der Waals surface area contributed by atoms with Gasteiger partial charge in [-0.25, -0.2) is 4.98 Å². The standard InChI is InChI=1S/C25H20N2O2/c1-29-24-16-20(12-13-26-24)9-5-8-19-10-11-23-22(15-19)25(28)21(17-27-23)14-18-6-3-2-4-7-18/h2-4,6-7,10-13,15-17H,9,14H2,1H3,(H,27,28). The second-order valence-electron chi connectivity index (χ2n) is 6.71. The van der Waals surface area contributed by atoms with Gasteiger partial charge in [0.05, 0.1) is 12.6 Å². The predicted octanol–water partition coefficient (Wildman–Crippen LogP) is 4.53. The van der Waals surface area contributed by atoms with E-state index in [2.05, 4.69) is 21.8 Å². The number of nitrogens with zero attached hydrogens (tertiary/aromatic N) is 2. The van der Waals surface area contributed by atoms with Gasteiger partial charge in [0, 0.05) is 47.8 Å². The van der Waals surface area contributed by atoms with Gasteiger partial charge in [-0.3, -0.25) is 4.98 Å². The maximum Gasteiger partial charge on any atom is 0.213 e. The van der Waals surface area contributed by atoms with Crippen LogP contribution >= 0.6 is 0 Å². The molecule has 0 aliphatic heterocycles. The lowest BCUT2D eigenvalue weighted by atomic mass is 10.0. The van der Waals surface area contributed by atoms with E-state index in [1.54, 1.807) is 19.5 Å². The molecule has 142 valence electrons. The molecule has 0 bridgehead atoms.